The second-order valence-electron chi connectivity index (χ2n) is 2.83. The highest BCUT2D eigenvalue weighted by Crippen LogP contribution is 1.99. The number of carbonyl (C=O) groups is 1. The number of nitrogens with one attached hydrogen (secondary N) is 2. The molecule has 14 heavy (non-hydrogen) atoms. The largest absolute Gasteiger partial charge is 0.348 e. The Morgan fingerprint density at radius 3 is 3.14 bits per heavy atom. The lowest BCUT2D eigenvalue weighted by Crippen LogP contribution is -2.28. The standard InChI is InChI=1S/C7H10N6O/c1-5(2-3-8)7(14)9-4-6-10-12-13-11-6/h5H,2,4H2,1H3,(H,9,14)(H,10,11,12,13). The molecule has 1 heterocycles. The Labute approximate surface area is 80.5 Å². The van der Waals surface area contributed by atoms with Crippen LogP contribution in [0.15, 0.2) is 0 Å². The van der Waals surface area contributed by atoms with Crippen molar-refractivity contribution >= 4 is 5.91 Å². The highest BCUT2D eigenvalue weighted by atomic mass is 16.1. The summed E-state index contributed by atoms with van der Waals surface area (Å²) in [5.41, 5.74) is 0. The molecule has 0 saturated heterocycles. The van der Waals surface area contributed by atoms with E-state index in [0.29, 0.717) is 5.82 Å². The Kier molecular flexibility index (Phi) is 3.55. The van der Waals surface area contributed by atoms with E-state index in [-0.39, 0.29) is 24.8 Å². The topological polar surface area (TPSA) is 107 Å². The summed E-state index contributed by atoms with van der Waals surface area (Å²) < 4.78 is 0. The zero-order chi connectivity index (χ0) is 10.4. The van der Waals surface area contributed by atoms with Crippen LogP contribution in [0.2, 0.25) is 0 Å². The van der Waals surface area contributed by atoms with Gasteiger partial charge >= 0.3 is 0 Å². The number of amides is 1. The van der Waals surface area contributed by atoms with Crippen molar-refractivity contribution in [1.29, 1.82) is 5.26 Å². The molecule has 0 aliphatic carbocycles. The first-order valence-electron chi connectivity index (χ1n) is 4.11. The predicted molar refractivity (Wildman–Crippen MR) is 45.4 cm³/mol. The Hall–Kier alpha value is -1.97. The lowest BCUT2D eigenvalue weighted by Gasteiger charge is -2.06. The summed E-state index contributed by atoms with van der Waals surface area (Å²) in [6.45, 7) is 1.94. The van der Waals surface area contributed by atoms with Crippen LogP contribution in [0.4, 0.5) is 0 Å². The van der Waals surface area contributed by atoms with E-state index in [1.54, 1.807) is 6.92 Å². The number of hydrogen-bond acceptors (Lipinski definition) is 5. The molecule has 7 nitrogen and oxygen atoms in total. The minimum Gasteiger partial charge on any atom is -0.348 e. The van der Waals surface area contributed by atoms with Crippen molar-refractivity contribution < 1.29 is 4.79 Å². The highest BCUT2D eigenvalue weighted by Gasteiger charge is 2.11. The molecule has 0 aliphatic heterocycles. The molecule has 1 unspecified atom stereocenters. The van der Waals surface area contributed by atoms with Gasteiger partial charge in [-0.15, -0.1) is 5.10 Å². The summed E-state index contributed by atoms with van der Waals surface area (Å²) >= 11 is 0. The Morgan fingerprint density at radius 2 is 2.57 bits per heavy atom. The first-order valence-corrected chi connectivity index (χ1v) is 4.11. The highest BCUT2D eigenvalue weighted by molar-refractivity contribution is 5.78. The molecular formula is C7H10N6O. The summed E-state index contributed by atoms with van der Waals surface area (Å²) in [6.07, 6.45) is 0.209. The molecule has 1 rings (SSSR count). The molecule has 1 aromatic rings. The van der Waals surface area contributed by atoms with Crippen molar-refractivity contribution in [1.82, 2.24) is 25.9 Å². The Bertz CT molecular complexity index is 326. The van der Waals surface area contributed by atoms with Gasteiger partial charge in [0.15, 0.2) is 5.82 Å². The zero-order valence-electron chi connectivity index (χ0n) is 7.69. The smallest absolute Gasteiger partial charge is 0.224 e. The van der Waals surface area contributed by atoms with Gasteiger partial charge in [0.2, 0.25) is 5.91 Å². The van der Waals surface area contributed by atoms with E-state index in [9.17, 15) is 4.79 Å². The maximum Gasteiger partial charge on any atom is 0.224 e. The summed E-state index contributed by atoms with van der Waals surface area (Å²) in [6, 6.07) is 1.93. The molecule has 0 bridgehead atoms. The minimum absolute atomic E-state index is 0.178. The number of rotatable bonds is 4. The maximum absolute atomic E-state index is 11.3. The fraction of sp³-hybridized carbons (Fsp3) is 0.571. The van der Waals surface area contributed by atoms with E-state index in [0.717, 1.165) is 0 Å². The van der Waals surface area contributed by atoms with Crippen LogP contribution in [0.1, 0.15) is 19.2 Å². The van der Waals surface area contributed by atoms with Crippen molar-refractivity contribution in [3.63, 3.8) is 0 Å². The van der Waals surface area contributed by atoms with Crippen molar-refractivity contribution in [2.45, 2.75) is 19.9 Å². The number of nitriles is 1. The second-order valence-corrected chi connectivity index (χ2v) is 2.83. The first-order chi connectivity index (χ1) is 6.74. The van der Waals surface area contributed by atoms with Crippen LogP contribution in [-0.2, 0) is 11.3 Å². The first kappa shape index (κ1) is 10.1. The van der Waals surface area contributed by atoms with E-state index >= 15 is 0 Å². The van der Waals surface area contributed by atoms with E-state index in [1.807, 2.05) is 6.07 Å². The average molecular weight is 194 g/mol. The molecule has 0 aliphatic rings. The molecule has 74 valence electrons. The molecule has 1 aromatic heterocycles. The predicted octanol–water partition coefficient (Wildman–Crippen LogP) is -0.634. The molecule has 0 saturated carbocycles. The number of aromatic amines is 1. The number of H-pyrrole nitrogens is 1. The lowest BCUT2D eigenvalue weighted by atomic mass is 10.1. The van der Waals surface area contributed by atoms with Gasteiger partial charge < -0.3 is 5.32 Å². The van der Waals surface area contributed by atoms with Gasteiger partial charge in [0, 0.05) is 12.3 Å². The van der Waals surface area contributed by atoms with Crippen LogP contribution >= 0.6 is 0 Å². The zero-order valence-corrected chi connectivity index (χ0v) is 7.69. The summed E-state index contributed by atoms with van der Waals surface area (Å²) in [5.74, 6) is 0.00124. The molecule has 0 radical (unpaired) electrons. The minimum atomic E-state index is -0.309. The van der Waals surface area contributed by atoms with Gasteiger partial charge in [-0.2, -0.15) is 5.26 Å². The van der Waals surface area contributed by atoms with E-state index in [2.05, 4.69) is 25.9 Å². The molecule has 1 amide bonds. The third-order valence-corrected chi connectivity index (χ3v) is 1.66. The van der Waals surface area contributed by atoms with Crippen LogP contribution < -0.4 is 5.32 Å². The van der Waals surface area contributed by atoms with E-state index in [1.165, 1.54) is 0 Å². The summed E-state index contributed by atoms with van der Waals surface area (Å²) in [7, 11) is 0. The van der Waals surface area contributed by atoms with Gasteiger partial charge in [0.05, 0.1) is 12.6 Å². The molecule has 0 spiro atoms. The maximum atomic E-state index is 11.3. The molecule has 0 fully saturated rings. The van der Waals surface area contributed by atoms with Gasteiger partial charge in [-0.05, 0) is 10.4 Å². The average Bonchev–Trinajstić information content (AvgIpc) is 2.67. The molecule has 1 atom stereocenters. The number of tetrazole rings is 1. The number of nitrogens with zero attached hydrogens (tertiary/aromatic N) is 4. The third kappa shape index (κ3) is 2.82. The van der Waals surface area contributed by atoms with Crippen LogP contribution in [0.5, 0.6) is 0 Å². The number of hydrogen-bond donors (Lipinski definition) is 2. The van der Waals surface area contributed by atoms with Crippen LogP contribution in [0.25, 0.3) is 0 Å². The summed E-state index contributed by atoms with van der Waals surface area (Å²) in [4.78, 5) is 11.3. The number of carbonyl (C=O) groups excluding carboxylic acids is 1. The Balaban J connectivity index is 2.32. The van der Waals surface area contributed by atoms with Crippen LogP contribution in [0, 0.1) is 17.2 Å². The van der Waals surface area contributed by atoms with E-state index < -0.39 is 0 Å². The van der Waals surface area contributed by atoms with Gasteiger partial charge in [-0.1, -0.05) is 6.92 Å². The molecule has 0 aromatic carbocycles. The fourth-order valence-electron chi connectivity index (χ4n) is 0.828. The van der Waals surface area contributed by atoms with Gasteiger partial charge in [-0.3, -0.25) is 4.79 Å². The monoisotopic (exact) mass is 194 g/mol. The Morgan fingerprint density at radius 1 is 1.79 bits per heavy atom. The van der Waals surface area contributed by atoms with Crippen molar-refractivity contribution in [2.24, 2.45) is 5.92 Å². The number of aromatic nitrogens is 4. The normalized spacial score (nSPS) is 11.7. The third-order valence-electron chi connectivity index (χ3n) is 1.66. The molecule has 2 N–H and O–H groups in total. The van der Waals surface area contributed by atoms with Crippen LogP contribution in [-0.4, -0.2) is 26.5 Å². The van der Waals surface area contributed by atoms with Crippen LogP contribution in [0.3, 0.4) is 0 Å². The SMILES string of the molecule is CC(CC#N)C(=O)NCc1nnn[nH]1. The van der Waals surface area contributed by atoms with Gasteiger partial charge in [0.25, 0.3) is 0 Å². The van der Waals surface area contributed by atoms with Crippen molar-refractivity contribution in [2.75, 3.05) is 0 Å². The van der Waals surface area contributed by atoms with E-state index in [4.69, 9.17) is 5.26 Å². The van der Waals surface area contributed by atoms with Gasteiger partial charge in [0.1, 0.15) is 0 Å². The molecule has 7 heteroatoms. The van der Waals surface area contributed by atoms with Gasteiger partial charge in [-0.25, -0.2) is 5.10 Å². The van der Waals surface area contributed by atoms with Crippen molar-refractivity contribution in [3.05, 3.63) is 5.82 Å². The summed E-state index contributed by atoms with van der Waals surface area (Å²) in [5, 5.41) is 23.8. The molecular weight excluding hydrogens is 184 g/mol. The van der Waals surface area contributed by atoms with Crippen molar-refractivity contribution in [3.8, 4) is 6.07 Å². The second kappa shape index (κ2) is 4.91. The fourth-order valence-corrected chi connectivity index (χ4v) is 0.828. The quantitative estimate of drug-likeness (QED) is 0.663. The lowest BCUT2D eigenvalue weighted by molar-refractivity contribution is -0.124.